The summed E-state index contributed by atoms with van der Waals surface area (Å²) in [6.45, 7) is 6.71. The summed E-state index contributed by atoms with van der Waals surface area (Å²) in [5, 5.41) is 12.0. The molecule has 2 N–H and O–H groups in total. The molecule has 0 fully saturated rings. The van der Waals surface area contributed by atoms with Gasteiger partial charge in [0.15, 0.2) is 5.82 Å². The van der Waals surface area contributed by atoms with E-state index in [0.717, 1.165) is 41.2 Å². The number of rotatable bonds is 7. The molecule has 0 saturated carbocycles. The first-order valence-corrected chi connectivity index (χ1v) is 11.4. The monoisotopic (exact) mass is 437 g/mol. The lowest BCUT2D eigenvalue weighted by atomic mass is 10.0. The number of aryl methyl sites for hydroxylation is 2. The van der Waals surface area contributed by atoms with E-state index in [1.54, 1.807) is 0 Å². The molecule has 31 heavy (non-hydrogen) atoms. The SMILES string of the molecule is CCCc1nnc2n1N[C@H](c1ccc(OCC)cc1)[C@@H](C(=O)Nc1ccc(C)cc1)S2. The molecule has 0 bridgehead atoms. The van der Waals surface area contributed by atoms with Gasteiger partial charge in [-0.15, -0.1) is 10.2 Å². The zero-order chi connectivity index (χ0) is 21.8. The van der Waals surface area contributed by atoms with E-state index in [4.69, 9.17) is 4.74 Å². The minimum absolute atomic E-state index is 0.0773. The van der Waals surface area contributed by atoms with E-state index < -0.39 is 5.25 Å². The van der Waals surface area contributed by atoms with Crippen molar-refractivity contribution < 1.29 is 9.53 Å². The van der Waals surface area contributed by atoms with Crippen molar-refractivity contribution in [3.05, 3.63) is 65.5 Å². The quantitative estimate of drug-likeness (QED) is 0.572. The number of aromatic nitrogens is 3. The third-order valence-electron chi connectivity index (χ3n) is 5.11. The highest BCUT2D eigenvalue weighted by Crippen LogP contribution is 2.38. The average Bonchev–Trinajstić information content (AvgIpc) is 3.17. The van der Waals surface area contributed by atoms with E-state index in [-0.39, 0.29) is 11.9 Å². The fraction of sp³-hybridized carbons (Fsp3) is 0.348. The molecule has 0 radical (unpaired) electrons. The Balaban J connectivity index is 1.64. The van der Waals surface area contributed by atoms with Crippen LogP contribution >= 0.6 is 11.8 Å². The van der Waals surface area contributed by atoms with Gasteiger partial charge in [0.2, 0.25) is 11.1 Å². The first kappa shape index (κ1) is 21.2. The van der Waals surface area contributed by atoms with Gasteiger partial charge in [-0.2, -0.15) is 0 Å². The summed E-state index contributed by atoms with van der Waals surface area (Å²) < 4.78 is 7.50. The third kappa shape index (κ3) is 4.69. The van der Waals surface area contributed by atoms with E-state index >= 15 is 0 Å². The van der Waals surface area contributed by atoms with Crippen LogP contribution in [0, 0.1) is 6.92 Å². The Morgan fingerprint density at radius 3 is 2.55 bits per heavy atom. The third-order valence-corrected chi connectivity index (χ3v) is 6.32. The summed E-state index contributed by atoms with van der Waals surface area (Å²) in [5.74, 6) is 1.61. The van der Waals surface area contributed by atoms with E-state index in [1.165, 1.54) is 11.8 Å². The summed E-state index contributed by atoms with van der Waals surface area (Å²) in [6, 6.07) is 15.4. The van der Waals surface area contributed by atoms with Gasteiger partial charge in [0.1, 0.15) is 11.0 Å². The number of anilines is 1. The Morgan fingerprint density at radius 2 is 1.87 bits per heavy atom. The predicted octanol–water partition coefficient (Wildman–Crippen LogP) is 4.34. The number of amides is 1. The molecule has 7 nitrogen and oxygen atoms in total. The number of hydrogen-bond donors (Lipinski definition) is 2. The molecule has 1 aliphatic rings. The van der Waals surface area contributed by atoms with Gasteiger partial charge >= 0.3 is 0 Å². The van der Waals surface area contributed by atoms with Crippen LogP contribution in [-0.2, 0) is 11.2 Å². The normalized spacial score (nSPS) is 17.5. The number of benzene rings is 2. The zero-order valence-corrected chi connectivity index (χ0v) is 18.8. The number of thioether (sulfide) groups is 1. The number of hydrogen-bond acceptors (Lipinski definition) is 6. The van der Waals surface area contributed by atoms with Gasteiger partial charge in [-0.25, -0.2) is 4.68 Å². The molecule has 2 atom stereocenters. The Hall–Kier alpha value is -3.00. The second-order valence-electron chi connectivity index (χ2n) is 7.49. The fourth-order valence-electron chi connectivity index (χ4n) is 3.52. The van der Waals surface area contributed by atoms with Crippen molar-refractivity contribution in [1.29, 1.82) is 0 Å². The van der Waals surface area contributed by atoms with Crippen LogP contribution in [0.1, 0.15) is 43.3 Å². The fourth-order valence-corrected chi connectivity index (χ4v) is 4.62. The number of ether oxygens (including phenoxy) is 1. The molecule has 2 heterocycles. The summed E-state index contributed by atoms with van der Waals surface area (Å²) in [5.41, 5.74) is 6.42. The first-order chi connectivity index (χ1) is 15.1. The van der Waals surface area contributed by atoms with Crippen LogP contribution in [0.15, 0.2) is 53.7 Å². The van der Waals surface area contributed by atoms with E-state index in [0.29, 0.717) is 11.8 Å². The standard InChI is InChI=1S/C23H27N5O2S/c1-4-6-19-25-26-23-28(19)27-20(16-9-13-18(14-10-16)30-5-2)21(31-23)22(29)24-17-11-7-15(3)8-12-17/h7-14,20-21,27H,4-6H2,1-3H3,(H,24,29)/t20-,21+/m1/s1. The second kappa shape index (κ2) is 9.43. The molecule has 3 aromatic rings. The molecule has 1 aliphatic heterocycles. The summed E-state index contributed by atoms with van der Waals surface area (Å²) >= 11 is 1.44. The molecule has 4 rings (SSSR count). The topological polar surface area (TPSA) is 81.1 Å². The largest absolute Gasteiger partial charge is 0.494 e. The van der Waals surface area contributed by atoms with Crippen LogP contribution in [0.3, 0.4) is 0 Å². The zero-order valence-electron chi connectivity index (χ0n) is 18.0. The van der Waals surface area contributed by atoms with Gasteiger partial charge in [0.25, 0.3) is 0 Å². The Bertz CT molecular complexity index is 1030. The lowest BCUT2D eigenvalue weighted by Gasteiger charge is -2.33. The van der Waals surface area contributed by atoms with E-state index in [2.05, 4.69) is 27.9 Å². The van der Waals surface area contributed by atoms with Gasteiger partial charge < -0.3 is 15.5 Å². The van der Waals surface area contributed by atoms with Gasteiger partial charge in [-0.1, -0.05) is 48.5 Å². The number of carbonyl (C=O) groups excluding carboxylic acids is 1. The maximum absolute atomic E-state index is 13.3. The molecule has 0 aliphatic carbocycles. The highest BCUT2D eigenvalue weighted by Gasteiger charge is 2.37. The molecule has 0 saturated heterocycles. The molecule has 0 unspecified atom stereocenters. The maximum Gasteiger partial charge on any atom is 0.240 e. The minimum Gasteiger partial charge on any atom is -0.494 e. The predicted molar refractivity (Wildman–Crippen MR) is 123 cm³/mol. The number of carbonyl (C=O) groups is 1. The highest BCUT2D eigenvalue weighted by atomic mass is 32.2. The summed E-state index contributed by atoms with van der Waals surface area (Å²) in [7, 11) is 0. The number of fused-ring (bicyclic) bond motifs is 1. The molecule has 162 valence electrons. The maximum atomic E-state index is 13.3. The van der Waals surface area contributed by atoms with Crippen LogP contribution in [0.4, 0.5) is 5.69 Å². The van der Waals surface area contributed by atoms with Crippen molar-refractivity contribution in [2.24, 2.45) is 0 Å². The van der Waals surface area contributed by atoms with Crippen molar-refractivity contribution in [3.8, 4) is 5.75 Å². The summed E-state index contributed by atoms with van der Waals surface area (Å²) in [6.07, 6.45) is 1.78. The lowest BCUT2D eigenvalue weighted by Crippen LogP contribution is -2.41. The van der Waals surface area contributed by atoms with Crippen molar-refractivity contribution in [3.63, 3.8) is 0 Å². The molecule has 0 spiro atoms. The van der Waals surface area contributed by atoms with Gasteiger partial charge in [-0.3, -0.25) is 4.79 Å². The van der Waals surface area contributed by atoms with Crippen molar-refractivity contribution >= 4 is 23.4 Å². The Kier molecular flexibility index (Phi) is 6.46. The number of nitrogens with zero attached hydrogens (tertiary/aromatic N) is 3. The molecule has 8 heteroatoms. The van der Waals surface area contributed by atoms with Crippen LogP contribution in [0.5, 0.6) is 5.75 Å². The van der Waals surface area contributed by atoms with Gasteiger partial charge in [0, 0.05) is 12.1 Å². The van der Waals surface area contributed by atoms with Crippen LogP contribution < -0.4 is 15.5 Å². The van der Waals surface area contributed by atoms with Crippen LogP contribution in [-0.4, -0.2) is 32.6 Å². The molecule has 1 amide bonds. The minimum atomic E-state index is -0.412. The highest BCUT2D eigenvalue weighted by molar-refractivity contribution is 8.00. The van der Waals surface area contributed by atoms with Crippen LogP contribution in [0.25, 0.3) is 0 Å². The second-order valence-corrected chi connectivity index (χ2v) is 8.60. The van der Waals surface area contributed by atoms with Crippen molar-refractivity contribution in [2.75, 3.05) is 17.3 Å². The van der Waals surface area contributed by atoms with E-state index in [9.17, 15) is 4.79 Å². The van der Waals surface area contributed by atoms with Crippen molar-refractivity contribution in [1.82, 2.24) is 14.9 Å². The van der Waals surface area contributed by atoms with Gasteiger partial charge in [0.05, 0.1) is 12.6 Å². The number of nitrogens with one attached hydrogen (secondary N) is 2. The molecule has 1 aromatic heterocycles. The van der Waals surface area contributed by atoms with E-state index in [1.807, 2.05) is 67.1 Å². The molecule has 2 aromatic carbocycles. The van der Waals surface area contributed by atoms with Crippen LogP contribution in [0.2, 0.25) is 0 Å². The smallest absolute Gasteiger partial charge is 0.240 e. The average molecular weight is 438 g/mol. The molecular weight excluding hydrogens is 410 g/mol. The first-order valence-electron chi connectivity index (χ1n) is 10.6. The lowest BCUT2D eigenvalue weighted by molar-refractivity contribution is -0.116. The molecular formula is C23H27N5O2S. The van der Waals surface area contributed by atoms with Crippen molar-refractivity contribution in [2.45, 2.75) is 50.1 Å². The van der Waals surface area contributed by atoms with Gasteiger partial charge in [-0.05, 0) is 50.1 Å². The Morgan fingerprint density at radius 1 is 1.13 bits per heavy atom. The Labute approximate surface area is 186 Å². The summed E-state index contributed by atoms with van der Waals surface area (Å²) in [4.78, 5) is 13.3.